The highest BCUT2D eigenvalue weighted by Crippen LogP contribution is 2.32. The van der Waals surface area contributed by atoms with Crippen LogP contribution in [-0.2, 0) is 12.8 Å². The fourth-order valence-electron chi connectivity index (χ4n) is 1.46. The molecule has 2 aromatic rings. The molecule has 0 bridgehead atoms. The maximum Gasteiger partial charge on any atom is 0.419 e. The van der Waals surface area contributed by atoms with E-state index in [-0.39, 0.29) is 12.3 Å². The molecule has 2 rings (SSSR count). The second kappa shape index (κ2) is 4.41. The number of hydrogen-bond donors (Lipinski definition) is 1. The van der Waals surface area contributed by atoms with Crippen LogP contribution < -0.4 is 0 Å². The molecule has 0 unspecified atom stereocenters. The van der Waals surface area contributed by atoms with Crippen LogP contribution >= 0.6 is 0 Å². The van der Waals surface area contributed by atoms with E-state index < -0.39 is 17.6 Å². The first-order valence-corrected chi connectivity index (χ1v) is 4.94. The van der Waals surface area contributed by atoms with Crippen molar-refractivity contribution in [3.05, 3.63) is 47.5 Å². The maximum absolute atomic E-state index is 13.1. The largest absolute Gasteiger partial charge is 0.419 e. The molecule has 1 N–H and O–H groups in total. The number of rotatable bonds is 2. The summed E-state index contributed by atoms with van der Waals surface area (Å²) >= 11 is 0. The van der Waals surface area contributed by atoms with Crippen molar-refractivity contribution in [2.75, 3.05) is 0 Å². The third-order valence-corrected chi connectivity index (χ3v) is 2.33. The summed E-state index contributed by atoms with van der Waals surface area (Å²) in [5, 5.41) is 12.6. The summed E-state index contributed by atoms with van der Waals surface area (Å²) in [6.45, 7) is -0.319. The third-order valence-electron chi connectivity index (χ3n) is 2.33. The van der Waals surface area contributed by atoms with E-state index in [4.69, 9.17) is 5.11 Å². The lowest BCUT2D eigenvalue weighted by Crippen LogP contribution is -2.09. The summed E-state index contributed by atoms with van der Waals surface area (Å²) in [6.07, 6.45) is -3.37. The SMILES string of the molecule is OCc1ccn(-c2ccc(F)c(C(F)(F)F)c2)n1. The quantitative estimate of drug-likeness (QED) is 0.842. The highest BCUT2D eigenvalue weighted by atomic mass is 19.4. The van der Waals surface area contributed by atoms with Gasteiger partial charge < -0.3 is 5.11 Å². The van der Waals surface area contributed by atoms with Crippen molar-refractivity contribution < 1.29 is 22.7 Å². The van der Waals surface area contributed by atoms with Crippen LogP contribution in [0.4, 0.5) is 17.6 Å². The first-order valence-electron chi connectivity index (χ1n) is 4.94. The van der Waals surface area contributed by atoms with Crippen LogP contribution in [0.5, 0.6) is 0 Å². The van der Waals surface area contributed by atoms with Crippen LogP contribution in [0.3, 0.4) is 0 Å². The normalized spacial score (nSPS) is 11.8. The van der Waals surface area contributed by atoms with Gasteiger partial charge in [-0.3, -0.25) is 0 Å². The summed E-state index contributed by atoms with van der Waals surface area (Å²) in [4.78, 5) is 0. The van der Waals surface area contributed by atoms with Gasteiger partial charge in [-0.15, -0.1) is 0 Å². The molecular weight excluding hydrogens is 252 g/mol. The minimum absolute atomic E-state index is 0.0726. The predicted octanol–water partition coefficient (Wildman–Crippen LogP) is 2.52. The van der Waals surface area contributed by atoms with E-state index >= 15 is 0 Å². The van der Waals surface area contributed by atoms with Gasteiger partial charge in [0, 0.05) is 6.20 Å². The van der Waals surface area contributed by atoms with Gasteiger partial charge in [-0.2, -0.15) is 18.3 Å². The summed E-state index contributed by atoms with van der Waals surface area (Å²) in [5.74, 6) is -1.33. The zero-order valence-electron chi connectivity index (χ0n) is 8.95. The van der Waals surface area contributed by atoms with Crippen molar-refractivity contribution in [2.45, 2.75) is 12.8 Å². The Labute approximate surface area is 99.3 Å². The van der Waals surface area contributed by atoms with Crippen LogP contribution in [0.1, 0.15) is 11.3 Å². The second-order valence-electron chi connectivity index (χ2n) is 3.57. The molecule has 1 aromatic heterocycles. The van der Waals surface area contributed by atoms with Crippen molar-refractivity contribution in [1.82, 2.24) is 9.78 Å². The van der Waals surface area contributed by atoms with E-state index in [1.165, 1.54) is 18.3 Å². The molecule has 0 amide bonds. The van der Waals surface area contributed by atoms with Gasteiger partial charge >= 0.3 is 6.18 Å². The molecule has 0 fully saturated rings. The van der Waals surface area contributed by atoms with Crippen LogP contribution in [0.15, 0.2) is 30.5 Å². The van der Waals surface area contributed by atoms with Gasteiger partial charge in [-0.1, -0.05) is 0 Å². The van der Waals surface area contributed by atoms with E-state index in [9.17, 15) is 17.6 Å². The smallest absolute Gasteiger partial charge is 0.390 e. The lowest BCUT2D eigenvalue weighted by atomic mass is 10.2. The number of aromatic nitrogens is 2. The Morgan fingerprint density at radius 1 is 1.22 bits per heavy atom. The van der Waals surface area contributed by atoms with Gasteiger partial charge in [-0.25, -0.2) is 9.07 Å². The Bertz CT molecular complexity index is 562. The van der Waals surface area contributed by atoms with Crippen molar-refractivity contribution in [1.29, 1.82) is 0 Å². The first-order chi connectivity index (χ1) is 8.41. The molecule has 0 aliphatic carbocycles. The molecule has 0 saturated carbocycles. The zero-order valence-corrected chi connectivity index (χ0v) is 8.95. The average molecular weight is 260 g/mol. The summed E-state index contributed by atoms with van der Waals surface area (Å²) in [6, 6.07) is 4.04. The van der Waals surface area contributed by atoms with Crippen molar-refractivity contribution >= 4 is 0 Å². The van der Waals surface area contributed by atoms with Gasteiger partial charge in [-0.05, 0) is 24.3 Å². The van der Waals surface area contributed by atoms with Gasteiger partial charge in [0.25, 0.3) is 0 Å². The van der Waals surface area contributed by atoms with Crippen LogP contribution in [0.25, 0.3) is 5.69 Å². The molecule has 1 aromatic carbocycles. The molecule has 18 heavy (non-hydrogen) atoms. The molecule has 96 valence electrons. The Morgan fingerprint density at radius 3 is 2.50 bits per heavy atom. The van der Waals surface area contributed by atoms with Crippen molar-refractivity contribution in [3.63, 3.8) is 0 Å². The number of alkyl halides is 3. The Morgan fingerprint density at radius 2 is 1.94 bits per heavy atom. The molecule has 0 aliphatic heterocycles. The Balaban J connectivity index is 2.47. The number of aliphatic hydroxyl groups excluding tert-OH is 1. The van der Waals surface area contributed by atoms with E-state index in [2.05, 4.69) is 5.10 Å². The summed E-state index contributed by atoms with van der Waals surface area (Å²) in [7, 11) is 0. The lowest BCUT2D eigenvalue weighted by Gasteiger charge is -2.10. The number of halogens is 4. The molecule has 0 radical (unpaired) electrons. The number of benzene rings is 1. The molecule has 0 spiro atoms. The number of aliphatic hydroxyl groups is 1. The van der Waals surface area contributed by atoms with Gasteiger partial charge in [0.15, 0.2) is 0 Å². The fraction of sp³-hybridized carbons (Fsp3) is 0.182. The highest BCUT2D eigenvalue weighted by Gasteiger charge is 2.34. The van der Waals surface area contributed by atoms with Crippen LogP contribution in [0, 0.1) is 5.82 Å². The summed E-state index contributed by atoms with van der Waals surface area (Å²) < 4.78 is 51.7. The number of nitrogens with zero attached hydrogens (tertiary/aromatic N) is 2. The molecule has 0 saturated heterocycles. The molecule has 3 nitrogen and oxygen atoms in total. The Hall–Kier alpha value is -1.89. The van der Waals surface area contributed by atoms with Crippen LogP contribution in [0.2, 0.25) is 0 Å². The molecule has 1 heterocycles. The number of hydrogen-bond acceptors (Lipinski definition) is 2. The standard InChI is InChI=1S/C11H8F4N2O/c12-10-2-1-8(5-9(10)11(13,14)15)17-4-3-7(6-18)16-17/h1-5,18H,6H2. The maximum atomic E-state index is 13.1. The highest BCUT2D eigenvalue weighted by molar-refractivity contribution is 5.37. The predicted molar refractivity (Wildman–Crippen MR) is 54.4 cm³/mol. The second-order valence-corrected chi connectivity index (χ2v) is 3.57. The topological polar surface area (TPSA) is 38.0 Å². The monoisotopic (exact) mass is 260 g/mol. The van der Waals surface area contributed by atoms with Gasteiger partial charge in [0.1, 0.15) is 5.82 Å². The van der Waals surface area contributed by atoms with Crippen molar-refractivity contribution in [2.24, 2.45) is 0 Å². The third kappa shape index (κ3) is 2.35. The van der Waals surface area contributed by atoms with Crippen LogP contribution in [-0.4, -0.2) is 14.9 Å². The first kappa shape index (κ1) is 12.6. The zero-order chi connectivity index (χ0) is 13.3. The molecule has 7 heteroatoms. The minimum atomic E-state index is -4.76. The van der Waals surface area contributed by atoms with E-state index in [0.29, 0.717) is 11.8 Å². The molecule has 0 atom stereocenters. The Kier molecular flexibility index (Phi) is 3.08. The molecular formula is C11H8F4N2O. The van der Waals surface area contributed by atoms with Crippen molar-refractivity contribution in [3.8, 4) is 5.69 Å². The fourth-order valence-corrected chi connectivity index (χ4v) is 1.46. The van der Waals surface area contributed by atoms with E-state index in [0.717, 1.165) is 10.7 Å². The average Bonchev–Trinajstić information content (AvgIpc) is 2.76. The van der Waals surface area contributed by atoms with E-state index in [1.807, 2.05) is 0 Å². The van der Waals surface area contributed by atoms with E-state index in [1.54, 1.807) is 0 Å². The minimum Gasteiger partial charge on any atom is -0.390 e. The lowest BCUT2D eigenvalue weighted by molar-refractivity contribution is -0.140. The molecule has 0 aliphatic rings. The summed E-state index contributed by atoms with van der Waals surface area (Å²) in [5.41, 5.74) is -0.961. The van der Waals surface area contributed by atoms with Gasteiger partial charge in [0.05, 0.1) is 23.6 Å². The van der Waals surface area contributed by atoms with Gasteiger partial charge in [0.2, 0.25) is 0 Å².